The highest BCUT2D eigenvalue weighted by Gasteiger charge is 2.49. The molecule has 0 N–H and O–H groups in total. The average Bonchev–Trinajstić information content (AvgIpc) is 1.84. The predicted molar refractivity (Wildman–Crippen MR) is 33.7 cm³/mol. The van der Waals surface area contributed by atoms with Crippen molar-refractivity contribution in [1.82, 2.24) is 0 Å². The Balaban J connectivity index is 2.68. The lowest BCUT2D eigenvalue weighted by Gasteiger charge is -2.43. The summed E-state index contributed by atoms with van der Waals surface area (Å²) in [6.45, 7) is 3.63. The standard InChI is InChI=1S/C7H8N2O/c1-7(2)5(3-8)6(4-9)10-7/h5-6H,1-2H3. The molecule has 1 rings (SSSR count). The minimum Gasteiger partial charge on any atom is -0.354 e. The lowest BCUT2D eigenvalue weighted by atomic mass is 9.81. The predicted octanol–water partition coefficient (Wildman–Crippen LogP) is 0.827. The molecule has 1 saturated heterocycles. The molecule has 0 radical (unpaired) electrons. The van der Waals surface area contributed by atoms with Crippen molar-refractivity contribution in [2.24, 2.45) is 5.92 Å². The summed E-state index contributed by atoms with van der Waals surface area (Å²) in [4.78, 5) is 0. The van der Waals surface area contributed by atoms with Crippen LogP contribution in [0.5, 0.6) is 0 Å². The number of nitrogens with zero attached hydrogens (tertiary/aromatic N) is 2. The second-order valence-corrected chi connectivity index (χ2v) is 2.88. The molecule has 2 atom stereocenters. The van der Waals surface area contributed by atoms with Crippen molar-refractivity contribution >= 4 is 0 Å². The summed E-state index contributed by atoms with van der Waals surface area (Å²) >= 11 is 0. The van der Waals surface area contributed by atoms with E-state index in [0.29, 0.717) is 0 Å². The van der Waals surface area contributed by atoms with Crippen LogP contribution >= 0.6 is 0 Å². The van der Waals surface area contributed by atoms with E-state index in [1.54, 1.807) is 0 Å². The first-order valence-electron chi connectivity index (χ1n) is 3.09. The third-order valence-corrected chi connectivity index (χ3v) is 1.75. The number of rotatable bonds is 0. The van der Waals surface area contributed by atoms with E-state index in [2.05, 4.69) is 0 Å². The van der Waals surface area contributed by atoms with Gasteiger partial charge in [0.2, 0.25) is 0 Å². The van der Waals surface area contributed by atoms with E-state index in [0.717, 1.165) is 0 Å². The van der Waals surface area contributed by atoms with Crippen molar-refractivity contribution < 1.29 is 4.74 Å². The molecule has 1 aliphatic rings. The van der Waals surface area contributed by atoms with Gasteiger partial charge in [-0.2, -0.15) is 10.5 Å². The highest BCUT2D eigenvalue weighted by Crippen LogP contribution is 2.37. The second kappa shape index (κ2) is 1.97. The smallest absolute Gasteiger partial charge is 0.163 e. The molecule has 0 aromatic rings. The summed E-state index contributed by atoms with van der Waals surface area (Å²) in [5.74, 6) is -0.266. The maximum atomic E-state index is 8.54. The van der Waals surface area contributed by atoms with Crippen LogP contribution in [0.4, 0.5) is 0 Å². The Morgan fingerprint density at radius 2 is 1.90 bits per heavy atom. The molecule has 0 saturated carbocycles. The van der Waals surface area contributed by atoms with Gasteiger partial charge in [-0.1, -0.05) is 0 Å². The normalized spacial score (nSPS) is 35.2. The molecule has 10 heavy (non-hydrogen) atoms. The Kier molecular flexibility index (Phi) is 1.39. The topological polar surface area (TPSA) is 56.8 Å². The minimum atomic E-state index is -0.514. The van der Waals surface area contributed by atoms with Crippen LogP contribution in [0.25, 0.3) is 0 Å². The molecule has 1 heterocycles. The monoisotopic (exact) mass is 136 g/mol. The number of hydrogen-bond donors (Lipinski definition) is 0. The van der Waals surface area contributed by atoms with Gasteiger partial charge < -0.3 is 4.74 Å². The van der Waals surface area contributed by atoms with Crippen LogP contribution in [0.1, 0.15) is 13.8 Å². The zero-order valence-corrected chi connectivity index (χ0v) is 5.96. The van der Waals surface area contributed by atoms with Gasteiger partial charge in [-0.05, 0) is 13.8 Å². The fourth-order valence-electron chi connectivity index (χ4n) is 1.08. The molecule has 0 aromatic carbocycles. The molecule has 1 fully saturated rings. The number of ether oxygens (including phenoxy) is 1. The average molecular weight is 136 g/mol. The van der Waals surface area contributed by atoms with Crippen LogP contribution in [-0.4, -0.2) is 11.7 Å². The third-order valence-electron chi connectivity index (χ3n) is 1.75. The van der Waals surface area contributed by atoms with Crippen molar-refractivity contribution in [1.29, 1.82) is 10.5 Å². The van der Waals surface area contributed by atoms with Gasteiger partial charge >= 0.3 is 0 Å². The van der Waals surface area contributed by atoms with Gasteiger partial charge in [-0.25, -0.2) is 0 Å². The van der Waals surface area contributed by atoms with E-state index < -0.39 is 11.7 Å². The van der Waals surface area contributed by atoms with E-state index >= 15 is 0 Å². The summed E-state index contributed by atoms with van der Waals surface area (Å²) in [5, 5.41) is 16.9. The van der Waals surface area contributed by atoms with Gasteiger partial charge in [0.1, 0.15) is 5.92 Å². The van der Waals surface area contributed by atoms with Gasteiger partial charge in [0, 0.05) is 0 Å². The molecule has 0 aromatic heterocycles. The maximum absolute atomic E-state index is 8.54. The van der Waals surface area contributed by atoms with Gasteiger partial charge in [0.05, 0.1) is 17.7 Å². The molecule has 0 spiro atoms. The van der Waals surface area contributed by atoms with Gasteiger partial charge in [0.15, 0.2) is 6.10 Å². The lowest BCUT2D eigenvalue weighted by Crippen LogP contribution is -2.54. The first kappa shape index (κ1) is 7.05. The zero-order valence-electron chi connectivity index (χ0n) is 5.96. The van der Waals surface area contributed by atoms with Crippen LogP contribution in [0.2, 0.25) is 0 Å². The highest BCUT2D eigenvalue weighted by atomic mass is 16.5. The quantitative estimate of drug-likeness (QED) is 0.495. The van der Waals surface area contributed by atoms with E-state index in [1.807, 2.05) is 26.0 Å². The fourth-order valence-corrected chi connectivity index (χ4v) is 1.08. The number of nitriles is 2. The first-order valence-corrected chi connectivity index (χ1v) is 3.09. The summed E-state index contributed by atoms with van der Waals surface area (Å²) in [6.07, 6.45) is -0.514. The van der Waals surface area contributed by atoms with Gasteiger partial charge in [0.25, 0.3) is 0 Å². The van der Waals surface area contributed by atoms with Crippen LogP contribution in [0.15, 0.2) is 0 Å². The van der Waals surface area contributed by atoms with Gasteiger partial charge in [-0.15, -0.1) is 0 Å². The number of hydrogen-bond acceptors (Lipinski definition) is 3. The summed E-state index contributed by atoms with van der Waals surface area (Å²) in [6, 6.07) is 3.96. The van der Waals surface area contributed by atoms with E-state index in [-0.39, 0.29) is 5.92 Å². The van der Waals surface area contributed by atoms with E-state index in [9.17, 15) is 0 Å². The molecular weight excluding hydrogens is 128 g/mol. The minimum absolute atomic E-state index is 0.266. The Bertz CT molecular complexity index is 221. The fraction of sp³-hybridized carbons (Fsp3) is 0.714. The first-order chi connectivity index (χ1) is 4.61. The molecule has 3 nitrogen and oxygen atoms in total. The molecule has 1 aliphatic heterocycles. The zero-order chi connectivity index (χ0) is 7.78. The summed E-state index contributed by atoms with van der Waals surface area (Å²) in [7, 11) is 0. The molecule has 52 valence electrons. The molecule has 0 amide bonds. The summed E-state index contributed by atoms with van der Waals surface area (Å²) in [5.41, 5.74) is -0.421. The van der Waals surface area contributed by atoms with Crippen molar-refractivity contribution in [3.05, 3.63) is 0 Å². The maximum Gasteiger partial charge on any atom is 0.163 e. The van der Waals surface area contributed by atoms with Crippen LogP contribution in [0.3, 0.4) is 0 Å². The SMILES string of the molecule is CC1(C)OC(C#N)C1C#N. The van der Waals surface area contributed by atoms with Crippen molar-refractivity contribution in [2.45, 2.75) is 25.6 Å². The van der Waals surface area contributed by atoms with Crippen molar-refractivity contribution in [3.63, 3.8) is 0 Å². The van der Waals surface area contributed by atoms with Gasteiger partial charge in [-0.3, -0.25) is 0 Å². The van der Waals surface area contributed by atoms with E-state index in [1.165, 1.54) is 0 Å². The largest absolute Gasteiger partial charge is 0.354 e. The second-order valence-electron chi connectivity index (χ2n) is 2.88. The Morgan fingerprint density at radius 3 is 2.10 bits per heavy atom. The van der Waals surface area contributed by atoms with E-state index in [4.69, 9.17) is 15.3 Å². The van der Waals surface area contributed by atoms with Crippen molar-refractivity contribution in [2.75, 3.05) is 0 Å². The highest BCUT2D eigenvalue weighted by molar-refractivity contribution is 5.14. The Morgan fingerprint density at radius 1 is 1.30 bits per heavy atom. The molecule has 0 aliphatic carbocycles. The van der Waals surface area contributed by atoms with Crippen molar-refractivity contribution in [3.8, 4) is 12.1 Å². The molecular formula is C7H8N2O. The Labute approximate surface area is 59.8 Å². The molecule has 2 unspecified atom stereocenters. The molecule has 0 bridgehead atoms. The van der Waals surface area contributed by atoms with Crippen LogP contribution < -0.4 is 0 Å². The van der Waals surface area contributed by atoms with Crippen LogP contribution in [0, 0.1) is 28.6 Å². The van der Waals surface area contributed by atoms with Crippen LogP contribution in [-0.2, 0) is 4.74 Å². The summed E-state index contributed by atoms with van der Waals surface area (Å²) < 4.78 is 5.10. The lowest BCUT2D eigenvalue weighted by molar-refractivity contribution is -0.194. The molecule has 3 heteroatoms. The third kappa shape index (κ3) is 0.761. The Hall–Kier alpha value is -1.06.